The normalized spacial score (nSPS) is 11.5. The highest BCUT2D eigenvalue weighted by Gasteiger charge is 2.38. The maximum atomic E-state index is 12.5. The number of thioether (sulfide) groups is 1. The van der Waals surface area contributed by atoms with Crippen molar-refractivity contribution in [2.75, 3.05) is 5.75 Å². The third-order valence-corrected chi connectivity index (χ3v) is 4.30. The van der Waals surface area contributed by atoms with Crippen LogP contribution in [0, 0.1) is 6.92 Å². The molecule has 0 saturated carbocycles. The molecule has 0 amide bonds. The highest BCUT2D eigenvalue weighted by Crippen LogP contribution is 2.29. The summed E-state index contributed by atoms with van der Waals surface area (Å²) in [6.07, 6.45) is -3.01. The Hall–Kier alpha value is -2.68. The van der Waals surface area contributed by atoms with E-state index in [1.165, 1.54) is 36.0 Å². The quantitative estimate of drug-likeness (QED) is 0.482. The summed E-state index contributed by atoms with van der Waals surface area (Å²) in [5.41, 5.74) is 1.82. The van der Waals surface area contributed by atoms with Crippen LogP contribution in [0.15, 0.2) is 52.1 Å². The molecule has 134 valence electrons. The van der Waals surface area contributed by atoms with Gasteiger partial charge in [0, 0.05) is 17.3 Å². The summed E-state index contributed by atoms with van der Waals surface area (Å²) in [6.45, 7) is 1.94. The Morgan fingerprint density at radius 1 is 1.19 bits per heavy atom. The zero-order chi connectivity index (χ0) is 18.7. The van der Waals surface area contributed by atoms with Crippen molar-refractivity contribution in [3.8, 4) is 11.4 Å². The fourth-order valence-corrected chi connectivity index (χ4v) is 2.92. The molecule has 0 fully saturated rings. The second-order valence-corrected chi connectivity index (χ2v) is 6.38. The van der Waals surface area contributed by atoms with Crippen LogP contribution in [0.1, 0.15) is 21.8 Å². The van der Waals surface area contributed by atoms with Crippen LogP contribution in [0.2, 0.25) is 0 Å². The lowest BCUT2D eigenvalue weighted by Gasteiger charge is -2.03. The molecule has 3 aromatic rings. The number of carbonyl (C=O) groups is 1. The number of benzene rings is 1. The molecule has 3 rings (SSSR count). The Morgan fingerprint density at radius 3 is 2.54 bits per heavy atom. The van der Waals surface area contributed by atoms with Crippen LogP contribution in [-0.4, -0.2) is 26.7 Å². The molecule has 0 spiro atoms. The molecule has 2 aromatic heterocycles. The molecule has 5 nitrogen and oxygen atoms in total. The van der Waals surface area contributed by atoms with E-state index in [9.17, 15) is 18.0 Å². The molecule has 0 unspecified atom stereocenters. The number of carbonyl (C=O) groups excluding carboxylic acids is 1. The van der Waals surface area contributed by atoms with E-state index < -0.39 is 12.1 Å². The van der Waals surface area contributed by atoms with Crippen molar-refractivity contribution in [3.05, 3.63) is 59.6 Å². The Labute approximate surface area is 150 Å². The van der Waals surface area contributed by atoms with Crippen LogP contribution in [0.5, 0.6) is 0 Å². The predicted octanol–water partition coefficient (Wildman–Crippen LogP) is 4.43. The van der Waals surface area contributed by atoms with Gasteiger partial charge in [0.1, 0.15) is 0 Å². The fourth-order valence-electron chi connectivity index (χ4n) is 2.07. The second-order valence-electron chi connectivity index (χ2n) is 5.38. The molecule has 0 atom stereocenters. The van der Waals surface area contributed by atoms with Crippen molar-refractivity contribution in [1.82, 2.24) is 15.1 Å². The van der Waals surface area contributed by atoms with Gasteiger partial charge in [-0.25, -0.2) is 4.98 Å². The van der Waals surface area contributed by atoms with E-state index in [2.05, 4.69) is 19.6 Å². The molecule has 0 aliphatic carbocycles. The first kappa shape index (κ1) is 18.1. The van der Waals surface area contributed by atoms with E-state index in [-0.39, 0.29) is 17.4 Å². The van der Waals surface area contributed by atoms with E-state index in [0.717, 1.165) is 10.6 Å². The summed E-state index contributed by atoms with van der Waals surface area (Å²) < 4.78 is 41.7. The minimum atomic E-state index is -4.69. The van der Waals surface area contributed by atoms with Crippen LogP contribution in [0.3, 0.4) is 0 Å². The van der Waals surface area contributed by atoms with Gasteiger partial charge in [0.25, 0.3) is 0 Å². The summed E-state index contributed by atoms with van der Waals surface area (Å²) in [6, 6.07) is 9.75. The molecule has 0 aliphatic heterocycles. The zero-order valence-corrected chi connectivity index (χ0v) is 14.3. The summed E-state index contributed by atoms with van der Waals surface area (Å²) >= 11 is 1.32. The first-order valence-corrected chi connectivity index (χ1v) is 8.41. The molecule has 2 heterocycles. The largest absolute Gasteiger partial charge is 0.471 e. The van der Waals surface area contributed by atoms with Crippen molar-refractivity contribution >= 4 is 17.5 Å². The minimum Gasteiger partial charge on any atom is -0.329 e. The number of hydrogen-bond acceptors (Lipinski definition) is 6. The highest BCUT2D eigenvalue weighted by molar-refractivity contribution is 7.99. The average Bonchev–Trinajstić information content (AvgIpc) is 3.10. The average molecular weight is 379 g/mol. The fraction of sp³-hybridized carbons (Fsp3) is 0.176. The van der Waals surface area contributed by atoms with Gasteiger partial charge in [-0.1, -0.05) is 41.2 Å². The molecule has 26 heavy (non-hydrogen) atoms. The summed E-state index contributed by atoms with van der Waals surface area (Å²) in [5.74, 6) is -1.51. The van der Waals surface area contributed by atoms with E-state index in [1.54, 1.807) is 6.20 Å². The number of pyridine rings is 1. The Balaban J connectivity index is 1.67. The maximum Gasteiger partial charge on any atom is 0.471 e. The molecule has 0 bridgehead atoms. The molecule has 1 aromatic carbocycles. The summed E-state index contributed by atoms with van der Waals surface area (Å²) in [4.78, 5) is 19.7. The molecule has 0 N–H and O–H groups in total. The summed E-state index contributed by atoms with van der Waals surface area (Å²) in [7, 11) is 0. The Kier molecular flexibility index (Phi) is 5.08. The Bertz CT molecular complexity index is 924. The molecule has 9 heteroatoms. The number of halogens is 3. The third kappa shape index (κ3) is 4.29. The van der Waals surface area contributed by atoms with Gasteiger partial charge in [-0.15, -0.1) is 0 Å². The number of hydrogen-bond donors (Lipinski definition) is 0. The van der Waals surface area contributed by atoms with E-state index in [0.29, 0.717) is 11.1 Å². The topological polar surface area (TPSA) is 68.9 Å². The minimum absolute atomic E-state index is 0.117. The van der Waals surface area contributed by atoms with Crippen LogP contribution < -0.4 is 0 Å². The standard InChI is InChI=1S/C17H12F3N3O2S/c1-10-6-7-21-14(8-10)26-9-13(24)11-2-4-12(5-3-11)15-22-16(25-23-15)17(18,19)20/h2-8H,9H2,1H3. The van der Waals surface area contributed by atoms with Crippen LogP contribution in [0.4, 0.5) is 13.2 Å². The van der Waals surface area contributed by atoms with Gasteiger partial charge in [0.2, 0.25) is 5.82 Å². The van der Waals surface area contributed by atoms with Gasteiger partial charge in [-0.3, -0.25) is 4.79 Å². The van der Waals surface area contributed by atoms with Crippen molar-refractivity contribution in [3.63, 3.8) is 0 Å². The first-order valence-electron chi connectivity index (χ1n) is 7.43. The SMILES string of the molecule is Cc1ccnc(SCC(=O)c2ccc(-c3noc(C(F)(F)F)n3)cc2)c1. The first-order chi connectivity index (χ1) is 12.3. The number of nitrogens with zero attached hydrogens (tertiary/aromatic N) is 3. The van der Waals surface area contributed by atoms with Gasteiger partial charge in [0.15, 0.2) is 5.78 Å². The van der Waals surface area contributed by atoms with Gasteiger partial charge in [-0.2, -0.15) is 18.2 Å². The molecular formula is C17H12F3N3O2S. The summed E-state index contributed by atoms with van der Waals surface area (Å²) in [5, 5.41) is 4.06. The maximum absolute atomic E-state index is 12.5. The van der Waals surface area contributed by atoms with Crippen LogP contribution >= 0.6 is 11.8 Å². The van der Waals surface area contributed by atoms with Gasteiger partial charge < -0.3 is 4.52 Å². The number of aryl methyl sites for hydroxylation is 1. The second kappa shape index (κ2) is 7.28. The molecule has 0 aliphatic rings. The lowest BCUT2D eigenvalue weighted by molar-refractivity contribution is -0.159. The van der Waals surface area contributed by atoms with Crippen LogP contribution in [0.25, 0.3) is 11.4 Å². The van der Waals surface area contributed by atoms with Gasteiger partial charge >= 0.3 is 12.1 Å². The smallest absolute Gasteiger partial charge is 0.329 e. The van der Waals surface area contributed by atoms with Crippen LogP contribution in [-0.2, 0) is 6.18 Å². The molecule has 0 saturated heterocycles. The van der Waals surface area contributed by atoms with E-state index in [4.69, 9.17) is 0 Å². The van der Waals surface area contributed by atoms with Gasteiger partial charge in [0.05, 0.1) is 10.8 Å². The monoisotopic (exact) mass is 379 g/mol. The number of aromatic nitrogens is 3. The molecular weight excluding hydrogens is 367 g/mol. The van der Waals surface area contributed by atoms with Crippen molar-refractivity contribution in [2.45, 2.75) is 18.1 Å². The lowest BCUT2D eigenvalue weighted by Crippen LogP contribution is -2.05. The van der Waals surface area contributed by atoms with Crippen molar-refractivity contribution in [2.24, 2.45) is 0 Å². The zero-order valence-electron chi connectivity index (χ0n) is 13.4. The van der Waals surface area contributed by atoms with Gasteiger partial charge in [-0.05, 0) is 24.6 Å². The van der Waals surface area contributed by atoms with Crippen molar-refractivity contribution < 1.29 is 22.5 Å². The Morgan fingerprint density at radius 2 is 1.92 bits per heavy atom. The molecule has 0 radical (unpaired) electrons. The van der Waals surface area contributed by atoms with E-state index in [1.807, 2.05) is 19.1 Å². The number of ketones is 1. The highest BCUT2D eigenvalue weighted by atomic mass is 32.2. The van der Waals surface area contributed by atoms with Crippen molar-refractivity contribution in [1.29, 1.82) is 0 Å². The van der Waals surface area contributed by atoms with E-state index >= 15 is 0 Å². The predicted molar refractivity (Wildman–Crippen MR) is 88.8 cm³/mol. The number of alkyl halides is 3. The number of rotatable bonds is 5. The third-order valence-electron chi connectivity index (χ3n) is 3.38. The lowest BCUT2D eigenvalue weighted by atomic mass is 10.1. The number of Topliss-reactive ketones (excluding diaryl/α,β-unsaturated/α-hetero) is 1.